The number of likely N-dealkylation sites (N-methyl/N-ethyl adjacent to an activating group) is 1. The van der Waals surface area contributed by atoms with Crippen molar-refractivity contribution in [2.24, 2.45) is 0 Å². The van der Waals surface area contributed by atoms with Crippen LogP contribution in [-0.4, -0.2) is 58.0 Å². The van der Waals surface area contributed by atoms with Gasteiger partial charge in [0, 0.05) is 18.7 Å². The van der Waals surface area contributed by atoms with Gasteiger partial charge in [0.2, 0.25) is 0 Å². The predicted octanol–water partition coefficient (Wildman–Crippen LogP) is -0.825. The Hall–Kier alpha value is -1.37. The van der Waals surface area contributed by atoms with Crippen LogP contribution in [0.5, 0.6) is 5.75 Å². The largest absolute Gasteiger partial charge is 0.494 e. The fraction of sp³-hybridized carbons (Fsp3) is 0.588. The van der Waals surface area contributed by atoms with Crippen molar-refractivity contribution < 1.29 is 14.5 Å². The molecule has 128 valence electrons. The SMILES string of the molecule is CCOc1ccc(NC(=S)NCCC[NH+]2CC[NH+](C)CC2)cc1. The minimum atomic E-state index is 0.684. The average molecular weight is 339 g/mol. The molecule has 1 aliphatic rings. The Labute approximate surface area is 145 Å². The van der Waals surface area contributed by atoms with Gasteiger partial charge >= 0.3 is 0 Å². The van der Waals surface area contributed by atoms with Crippen LogP contribution in [0.15, 0.2) is 24.3 Å². The Morgan fingerprint density at radius 1 is 1.17 bits per heavy atom. The minimum absolute atomic E-state index is 0.684. The second-order valence-corrected chi connectivity index (χ2v) is 6.56. The number of benzene rings is 1. The zero-order valence-electron chi connectivity index (χ0n) is 14.3. The first kappa shape index (κ1) is 18.0. The first-order valence-electron chi connectivity index (χ1n) is 8.60. The van der Waals surface area contributed by atoms with Crippen LogP contribution in [0.3, 0.4) is 0 Å². The third kappa shape index (κ3) is 6.72. The Balaban J connectivity index is 1.59. The van der Waals surface area contributed by atoms with E-state index in [2.05, 4.69) is 17.7 Å². The molecule has 0 unspecified atom stereocenters. The monoisotopic (exact) mass is 338 g/mol. The first-order chi connectivity index (χ1) is 11.2. The second kappa shape index (κ2) is 9.70. The third-order valence-corrected chi connectivity index (χ3v) is 4.47. The fourth-order valence-corrected chi connectivity index (χ4v) is 3.02. The summed E-state index contributed by atoms with van der Waals surface area (Å²) in [7, 11) is 2.28. The summed E-state index contributed by atoms with van der Waals surface area (Å²) in [5.74, 6) is 0.883. The summed E-state index contributed by atoms with van der Waals surface area (Å²) in [6, 6.07) is 7.87. The molecule has 1 saturated heterocycles. The molecule has 1 aromatic carbocycles. The molecule has 0 bridgehead atoms. The van der Waals surface area contributed by atoms with Crippen molar-refractivity contribution in [1.82, 2.24) is 5.32 Å². The van der Waals surface area contributed by atoms with Gasteiger partial charge in [0.15, 0.2) is 5.11 Å². The van der Waals surface area contributed by atoms with E-state index < -0.39 is 0 Å². The van der Waals surface area contributed by atoms with Crippen molar-refractivity contribution in [3.8, 4) is 5.75 Å². The fourth-order valence-electron chi connectivity index (χ4n) is 2.80. The number of hydrogen-bond donors (Lipinski definition) is 4. The summed E-state index contributed by atoms with van der Waals surface area (Å²) in [5.41, 5.74) is 0.985. The molecule has 0 spiro atoms. The average Bonchev–Trinajstić information content (AvgIpc) is 2.55. The quantitative estimate of drug-likeness (QED) is 0.387. The molecule has 0 aromatic heterocycles. The summed E-state index contributed by atoms with van der Waals surface area (Å²) < 4.78 is 5.43. The van der Waals surface area contributed by atoms with E-state index in [0.29, 0.717) is 11.7 Å². The number of quaternary nitrogens is 2. The molecule has 23 heavy (non-hydrogen) atoms. The topological polar surface area (TPSA) is 42.2 Å². The lowest BCUT2D eigenvalue weighted by atomic mass is 10.3. The summed E-state index contributed by atoms with van der Waals surface area (Å²) >= 11 is 5.34. The molecular weight excluding hydrogens is 308 g/mol. The summed E-state index contributed by atoms with van der Waals surface area (Å²) in [5, 5.41) is 7.19. The Morgan fingerprint density at radius 3 is 2.52 bits per heavy atom. The highest BCUT2D eigenvalue weighted by Crippen LogP contribution is 2.15. The van der Waals surface area contributed by atoms with Crippen LogP contribution in [0.2, 0.25) is 0 Å². The number of nitrogens with one attached hydrogen (secondary N) is 4. The zero-order valence-corrected chi connectivity index (χ0v) is 15.1. The van der Waals surface area contributed by atoms with Crippen molar-refractivity contribution in [1.29, 1.82) is 0 Å². The number of thiocarbonyl (C=S) groups is 1. The summed E-state index contributed by atoms with van der Waals surface area (Å²) in [6.07, 6.45) is 1.15. The van der Waals surface area contributed by atoms with Gasteiger partial charge in [-0.05, 0) is 43.4 Å². The normalized spacial score (nSPS) is 20.8. The van der Waals surface area contributed by atoms with Gasteiger partial charge in [0.05, 0.1) is 20.2 Å². The van der Waals surface area contributed by atoms with Gasteiger partial charge in [-0.1, -0.05) is 0 Å². The molecule has 1 fully saturated rings. The van der Waals surface area contributed by atoms with Crippen molar-refractivity contribution in [2.45, 2.75) is 13.3 Å². The van der Waals surface area contributed by atoms with Gasteiger partial charge in [-0.25, -0.2) is 0 Å². The summed E-state index contributed by atoms with van der Waals surface area (Å²) in [4.78, 5) is 3.38. The molecule has 0 amide bonds. The van der Waals surface area contributed by atoms with E-state index in [-0.39, 0.29) is 0 Å². The Bertz CT molecular complexity index is 472. The van der Waals surface area contributed by atoms with Crippen LogP contribution in [0.4, 0.5) is 5.69 Å². The van der Waals surface area contributed by atoms with E-state index in [0.717, 1.165) is 24.4 Å². The minimum Gasteiger partial charge on any atom is -0.494 e. The van der Waals surface area contributed by atoms with Crippen LogP contribution in [0, 0.1) is 0 Å². The van der Waals surface area contributed by atoms with E-state index in [1.807, 2.05) is 31.2 Å². The maximum atomic E-state index is 5.43. The lowest BCUT2D eigenvalue weighted by Gasteiger charge is -2.27. The molecule has 2 rings (SSSR count). The molecule has 5 nitrogen and oxygen atoms in total. The van der Waals surface area contributed by atoms with E-state index >= 15 is 0 Å². The van der Waals surface area contributed by atoms with Gasteiger partial charge in [0.25, 0.3) is 0 Å². The number of hydrogen-bond acceptors (Lipinski definition) is 2. The van der Waals surface area contributed by atoms with Crippen LogP contribution in [0.25, 0.3) is 0 Å². The van der Waals surface area contributed by atoms with E-state index in [4.69, 9.17) is 17.0 Å². The maximum absolute atomic E-state index is 5.43. The number of anilines is 1. The first-order valence-corrected chi connectivity index (χ1v) is 9.00. The van der Waals surface area contributed by atoms with Crippen molar-refractivity contribution in [3.63, 3.8) is 0 Å². The number of piperazine rings is 1. The lowest BCUT2D eigenvalue weighted by molar-refractivity contribution is -1.00. The van der Waals surface area contributed by atoms with E-state index in [1.165, 1.54) is 32.7 Å². The molecular formula is C17H30N4OS+2. The van der Waals surface area contributed by atoms with Crippen LogP contribution >= 0.6 is 12.2 Å². The Morgan fingerprint density at radius 2 is 1.87 bits per heavy atom. The molecule has 4 N–H and O–H groups in total. The molecule has 6 heteroatoms. The molecule has 0 atom stereocenters. The molecule has 0 aliphatic carbocycles. The molecule has 0 saturated carbocycles. The zero-order chi connectivity index (χ0) is 16.5. The van der Waals surface area contributed by atoms with Crippen LogP contribution in [-0.2, 0) is 0 Å². The van der Waals surface area contributed by atoms with Crippen LogP contribution < -0.4 is 25.2 Å². The Kier molecular flexibility index (Phi) is 7.58. The van der Waals surface area contributed by atoms with Gasteiger partial charge in [0.1, 0.15) is 31.9 Å². The summed E-state index contributed by atoms with van der Waals surface area (Å²) in [6.45, 7) is 9.99. The third-order valence-electron chi connectivity index (χ3n) is 4.23. The van der Waals surface area contributed by atoms with Crippen molar-refractivity contribution in [2.75, 3.05) is 58.2 Å². The van der Waals surface area contributed by atoms with E-state index in [1.54, 1.807) is 9.80 Å². The number of rotatable bonds is 7. The predicted molar refractivity (Wildman–Crippen MR) is 98.6 cm³/mol. The molecule has 1 aliphatic heterocycles. The van der Waals surface area contributed by atoms with Crippen LogP contribution in [0.1, 0.15) is 13.3 Å². The van der Waals surface area contributed by atoms with Crippen molar-refractivity contribution >= 4 is 23.0 Å². The molecule has 1 heterocycles. The van der Waals surface area contributed by atoms with E-state index in [9.17, 15) is 0 Å². The van der Waals surface area contributed by atoms with Crippen molar-refractivity contribution in [3.05, 3.63) is 24.3 Å². The highest BCUT2D eigenvalue weighted by molar-refractivity contribution is 7.80. The van der Waals surface area contributed by atoms with Gasteiger partial charge < -0.3 is 25.2 Å². The lowest BCUT2D eigenvalue weighted by Crippen LogP contribution is -3.27. The van der Waals surface area contributed by atoms with Gasteiger partial charge in [-0.15, -0.1) is 0 Å². The number of ether oxygens (including phenoxy) is 1. The van der Waals surface area contributed by atoms with Gasteiger partial charge in [-0.2, -0.15) is 0 Å². The highest BCUT2D eigenvalue weighted by Gasteiger charge is 2.18. The molecule has 0 radical (unpaired) electrons. The standard InChI is InChI=1S/C17H28N4OS/c1-3-22-16-7-5-15(6-8-16)19-17(23)18-9-4-10-21-13-11-20(2)12-14-21/h5-8H,3-4,9-14H2,1-2H3,(H2,18,19,23)/p+2. The van der Waals surface area contributed by atoms with Gasteiger partial charge in [-0.3, -0.25) is 0 Å². The molecule has 1 aromatic rings. The second-order valence-electron chi connectivity index (χ2n) is 6.15. The highest BCUT2D eigenvalue weighted by atomic mass is 32.1. The maximum Gasteiger partial charge on any atom is 0.170 e. The smallest absolute Gasteiger partial charge is 0.170 e.